The van der Waals surface area contributed by atoms with E-state index in [-0.39, 0.29) is 0 Å². The van der Waals surface area contributed by atoms with Gasteiger partial charge in [0.25, 0.3) is 0 Å². The van der Waals surface area contributed by atoms with E-state index in [1.165, 1.54) is 12.1 Å². The van der Waals surface area contributed by atoms with E-state index in [1.54, 1.807) is 36.3 Å². The minimum Gasteiger partial charge on any atom is -0.368 e. The van der Waals surface area contributed by atoms with Gasteiger partial charge >= 0.3 is 0 Å². The summed E-state index contributed by atoms with van der Waals surface area (Å²) in [5, 5.41) is 1.46. The molecule has 0 aliphatic carbocycles. The van der Waals surface area contributed by atoms with Crippen molar-refractivity contribution in [2.45, 2.75) is 12.6 Å². The van der Waals surface area contributed by atoms with Crippen LogP contribution in [0.1, 0.15) is 17.2 Å². The second-order valence-corrected chi connectivity index (χ2v) is 6.29. The van der Waals surface area contributed by atoms with Crippen molar-refractivity contribution in [2.75, 3.05) is 7.05 Å². The lowest BCUT2D eigenvalue weighted by Crippen LogP contribution is -2.35. The van der Waals surface area contributed by atoms with Crippen LogP contribution in [0.3, 0.4) is 0 Å². The number of carbonyl (C=O) groups is 1. The predicted molar refractivity (Wildman–Crippen MR) is 96.6 cm³/mol. The number of hydrogen-bond donors (Lipinski definition) is 1. The Hall–Kier alpha value is -2.50. The number of halogens is 2. The van der Waals surface area contributed by atoms with Crippen molar-refractivity contribution >= 4 is 28.4 Å². The monoisotopic (exact) mass is 357 g/mol. The molecular formula is C19H17ClFN3O. The highest BCUT2D eigenvalue weighted by Gasteiger charge is 2.24. The Kier molecular flexibility index (Phi) is 4.97. The lowest BCUT2D eigenvalue weighted by molar-refractivity contribution is -0.123. The molecule has 0 aliphatic rings. The van der Waals surface area contributed by atoms with Crippen molar-refractivity contribution in [1.29, 1.82) is 0 Å². The van der Waals surface area contributed by atoms with Gasteiger partial charge in [-0.2, -0.15) is 0 Å². The van der Waals surface area contributed by atoms with Crippen molar-refractivity contribution in [3.63, 3.8) is 0 Å². The number of benzene rings is 2. The SMILES string of the molecule is CN(Cc1ccc(Cl)c2cccnc12)C(C(N)=O)c1cccc(F)c1. The first-order valence-corrected chi connectivity index (χ1v) is 8.12. The van der Waals surface area contributed by atoms with Gasteiger partial charge < -0.3 is 5.73 Å². The highest BCUT2D eigenvalue weighted by atomic mass is 35.5. The zero-order valence-corrected chi connectivity index (χ0v) is 14.4. The van der Waals surface area contributed by atoms with Gasteiger partial charge in [-0.1, -0.05) is 29.8 Å². The quantitative estimate of drug-likeness (QED) is 0.757. The van der Waals surface area contributed by atoms with E-state index in [4.69, 9.17) is 17.3 Å². The number of amides is 1. The highest BCUT2D eigenvalue weighted by molar-refractivity contribution is 6.35. The van der Waals surface area contributed by atoms with E-state index in [9.17, 15) is 9.18 Å². The van der Waals surface area contributed by atoms with Gasteiger partial charge in [0.05, 0.1) is 5.52 Å². The maximum absolute atomic E-state index is 13.5. The van der Waals surface area contributed by atoms with E-state index >= 15 is 0 Å². The van der Waals surface area contributed by atoms with Gasteiger partial charge in [0.2, 0.25) is 5.91 Å². The van der Waals surface area contributed by atoms with Crippen LogP contribution in [0.4, 0.5) is 4.39 Å². The second-order valence-electron chi connectivity index (χ2n) is 5.88. The van der Waals surface area contributed by atoms with Gasteiger partial charge in [0.15, 0.2) is 0 Å². The van der Waals surface area contributed by atoms with Crippen LogP contribution in [0.25, 0.3) is 10.9 Å². The van der Waals surface area contributed by atoms with Gasteiger partial charge in [-0.3, -0.25) is 14.7 Å². The number of aromatic nitrogens is 1. The van der Waals surface area contributed by atoms with Crippen LogP contribution in [-0.4, -0.2) is 22.8 Å². The Morgan fingerprint density at radius 3 is 2.80 bits per heavy atom. The molecule has 0 saturated heterocycles. The van der Waals surface area contributed by atoms with Crippen molar-refractivity contribution in [2.24, 2.45) is 5.73 Å². The van der Waals surface area contributed by atoms with Gasteiger partial charge in [-0.05, 0) is 48.5 Å². The fourth-order valence-electron chi connectivity index (χ4n) is 3.00. The molecule has 0 radical (unpaired) electrons. The zero-order valence-electron chi connectivity index (χ0n) is 13.6. The van der Waals surface area contributed by atoms with E-state index in [0.717, 1.165) is 16.5 Å². The first kappa shape index (κ1) is 17.3. The number of nitrogens with zero attached hydrogens (tertiary/aromatic N) is 2. The summed E-state index contributed by atoms with van der Waals surface area (Å²) in [4.78, 5) is 18.2. The fraction of sp³-hybridized carbons (Fsp3) is 0.158. The summed E-state index contributed by atoms with van der Waals surface area (Å²) in [5.41, 5.74) is 7.76. The van der Waals surface area contributed by atoms with Crippen LogP contribution in [0.2, 0.25) is 5.02 Å². The molecule has 6 heteroatoms. The van der Waals surface area contributed by atoms with Crippen LogP contribution in [0, 0.1) is 5.82 Å². The smallest absolute Gasteiger partial charge is 0.239 e. The van der Waals surface area contributed by atoms with Crippen molar-refractivity contribution in [1.82, 2.24) is 9.88 Å². The first-order valence-electron chi connectivity index (χ1n) is 7.74. The molecule has 0 spiro atoms. The molecule has 2 aromatic carbocycles. The van der Waals surface area contributed by atoms with Crippen LogP contribution >= 0.6 is 11.6 Å². The predicted octanol–water partition coefficient (Wildman–Crippen LogP) is 3.69. The summed E-state index contributed by atoms with van der Waals surface area (Å²) in [6, 6.07) is 12.6. The minimum atomic E-state index is -0.745. The van der Waals surface area contributed by atoms with Gasteiger partial charge in [-0.15, -0.1) is 0 Å². The number of primary amides is 1. The molecule has 25 heavy (non-hydrogen) atoms. The normalized spacial score (nSPS) is 12.5. The molecule has 3 aromatic rings. The number of likely N-dealkylation sites (N-methyl/N-ethyl adjacent to an activating group) is 1. The highest BCUT2D eigenvalue weighted by Crippen LogP contribution is 2.28. The van der Waals surface area contributed by atoms with E-state index < -0.39 is 17.8 Å². The molecule has 0 fully saturated rings. The molecule has 0 saturated carbocycles. The third kappa shape index (κ3) is 3.62. The molecule has 128 valence electrons. The Morgan fingerprint density at radius 2 is 2.08 bits per heavy atom. The minimum absolute atomic E-state index is 0.407. The average molecular weight is 358 g/mol. The van der Waals surface area contributed by atoms with Gasteiger partial charge in [-0.25, -0.2) is 4.39 Å². The van der Waals surface area contributed by atoms with Crippen LogP contribution in [0.15, 0.2) is 54.7 Å². The third-order valence-electron chi connectivity index (χ3n) is 4.09. The summed E-state index contributed by atoms with van der Waals surface area (Å²) in [7, 11) is 1.77. The number of fused-ring (bicyclic) bond motifs is 1. The molecule has 1 amide bonds. The van der Waals surface area contributed by atoms with E-state index in [1.807, 2.05) is 18.2 Å². The number of hydrogen-bond acceptors (Lipinski definition) is 3. The van der Waals surface area contributed by atoms with Crippen molar-refractivity contribution < 1.29 is 9.18 Å². The molecule has 2 N–H and O–H groups in total. The van der Waals surface area contributed by atoms with Gasteiger partial charge in [0.1, 0.15) is 11.9 Å². The number of carbonyl (C=O) groups excluding carboxylic acids is 1. The van der Waals surface area contributed by atoms with Gasteiger partial charge in [0, 0.05) is 23.2 Å². The molecule has 0 aliphatic heterocycles. The lowest BCUT2D eigenvalue weighted by atomic mass is 10.0. The summed E-state index contributed by atoms with van der Waals surface area (Å²) >= 11 is 6.22. The molecule has 4 nitrogen and oxygen atoms in total. The molecule has 0 bridgehead atoms. The van der Waals surface area contributed by atoms with E-state index in [2.05, 4.69) is 4.98 Å². The van der Waals surface area contributed by atoms with Crippen molar-refractivity contribution in [3.05, 3.63) is 76.7 Å². The lowest BCUT2D eigenvalue weighted by Gasteiger charge is -2.26. The molecule has 1 aromatic heterocycles. The summed E-state index contributed by atoms with van der Waals surface area (Å²) < 4.78 is 13.5. The molecule has 1 unspecified atom stereocenters. The standard InChI is InChI=1S/C19H17ClFN3O/c1-24(18(19(22)25)12-4-2-5-14(21)10-12)11-13-7-8-16(20)15-6-3-9-23-17(13)15/h2-10,18H,11H2,1H3,(H2,22,25). The second kappa shape index (κ2) is 7.17. The van der Waals surface area contributed by atoms with Crippen LogP contribution in [-0.2, 0) is 11.3 Å². The summed E-state index contributed by atoms with van der Waals surface area (Å²) in [6.45, 7) is 0.412. The van der Waals surface area contributed by atoms with Crippen LogP contribution < -0.4 is 5.73 Å². The molecule has 3 rings (SSSR count). The van der Waals surface area contributed by atoms with E-state index in [0.29, 0.717) is 17.1 Å². The Balaban J connectivity index is 1.96. The molecule has 1 heterocycles. The number of pyridine rings is 1. The fourth-order valence-corrected chi connectivity index (χ4v) is 3.21. The Labute approximate surface area is 150 Å². The number of rotatable bonds is 5. The molecular weight excluding hydrogens is 341 g/mol. The number of nitrogens with two attached hydrogens (primary N) is 1. The maximum atomic E-state index is 13.5. The van der Waals surface area contributed by atoms with Crippen molar-refractivity contribution in [3.8, 4) is 0 Å². The first-order chi connectivity index (χ1) is 12.0. The third-order valence-corrected chi connectivity index (χ3v) is 4.42. The van der Waals surface area contributed by atoms with Crippen LogP contribution in [0.5, 0.6) is 0 Å². The Morgan fingerprint density at radius 1 is 1.28 bits per heavy atom. The summed E-state index contributed by atoms with van der Waals surface area (Å²) in [6.07, 6.45) is 1.69. The average Bonchev–Trinajstić information content (AvgIpc) is 2.57. The Bertz CT molecular complexity index is 931. The largest absolute Gasteiger partial charge is 0.368 e. The maximum Gasteiger partial charge on any atom is 0.239 e. The zero-order chi connectivity index (χ0) is 18.0. The summed E-state index contributed by atoms with van der Waals surface area (Å²) in [5.74, 6) is -0.949. The topological polar surface area (TPSA) is 59.2 Å². The molecule has 1 atom stereocenters.